The minimum absolute atomic E-state index is 0.000604. The van der Waals surface area contributed by atoms with E-state index in [1.807, 2.05) is 48.5 Å². The van der Waals surface area contributed by atoms with Crippen molar-refractivity contribution in [3.63, 3.8) is 0 Å². The van der Waals surface area contributed by atoms with Gasteiger partial charge in [-0.05, 0) is 34.7 Å². The third-order valence-corrected chi connectivity index (χ3v) is 9.29. The number of benzene rings is 4. The summed E-state index contributed by atoms with van der Waals surface area (Å²) in [6, 6.07) is 18.7. The largest absolute Gasteiger partial charge is 0.507 e. The van der Waals surface area contributed by atoms with Crippen molar-refractivity contribution in [3.8, 4) is 11.5 Å². The average molecular weight is 592 g/mol. The molecule has 0 radical (unpaired) electrons. The molecule has 0 fully saturated rings. The maximum Gasteiger partial charge on any atom is 0.227 e. The van der Waals surface area contributed by atoms with Crippen LogP contribution in [-0.2, 0) is 9.59 Å². The van der Waals surface area contributed by atoms with Gasteiger partial charge in [0.1, 0.15) is 11.5 Å². The van der Waals surface area contributed by atoms with E-state index in [0.717, 1.165) is 50.5 Å². The number of anilines is 2. The van der Waals surface area contributed by atoms with Gasteiger partial charge in [0.2, 0.25) is 11.8 Å². The normalized spacial score (nSPS) is 17.8. The summed E-state index contributed by atoms with van der Waals surface area (Å²) in [6.07, 6.45) is 2.78. The Kier molecular flexibility index (Phi) is 7.71. The van der Waals surface area contributed by atoms with Gasteiger partial charge >= 0.3 is 0 Å². The second kappa shape index (κ2) is 11.4. The zero-order chi connectivity index (χ0) is 28.7. The SMILES string of the molecule is O=C(CCCCCC(=O)N1CC(CCl)c2c1cc(O)c1ccccc21)N1CC(CCl)c2c1cc(O)c1ccccc21. The van der Waals surface area contributed by atoms with Crippen LogP contribution in [-0.4, -0.2) is 46.9 Å². The molecule has 0 spiro atoms. The maximum absolute atomic E-state index is 13.3. The molecule has 0 aliphatic carbocycles. The monoisotopic (exact) mass is 590 g/mol. The number of phenolic OH excluding ortho intramolecular Hbond substituents is 2. The molecule has 6 rings (SSSR count). The summed E-state index contributed by atoms with van der Waals surface area (Å²) < 4.78 is 0. The van der Waals surface area contributed by atoms with Gasteiger partial charge in [-0.15, -0.1) is 23.2 Å². The van der Waals surface area contributed by atoms with Gasteiger partial charge in [-0.3, -0.25) is 9.59 Å². The summed E-state index contributed by atoms with van der Waals surface area (Å²) in [4.78, 5) is 30.0. The number of phenols is 2. The first-order chi connectivity index (χ1) is 19.9. The van der Waals surface area contributed by atoms with Crippen molar-refractivity contribution < 1.29 is 19.8 Å². The standard InChI is InChI=1S/C33H32Cl2N2O4/c34-16-20-18-36(26-14-28(38)22-8-4-6-10-24(22)32(20)26)30(40)12-2-1-3-13-31(41)37-19-21(17-35)33-25-11-7-5-9-23(25)29(39)15-27(33)37/h4-11,14-15,20-21,38-39H,1-3,12-13,16-19H2. The van der Waals surface area contributed by atoms with E-state index in [2.05, 4.69) is 0 Å². The number of aromatic hydroxyl groups is 2. The summed E-state index contributed by atoms with van der Waals surface area (Å²) in [5, 5.41) is 24.6. The van der Waals surface area contributed by atoms with Gasteiger partial charge in [0, 0.05) is 72.4 Å². The number of unbranched alkanes of at least 4 members (excludes halogenated alkanes) is 2. The molecular formula is C33H32Cl2N2O4. The van der Waals surface area contributed by atoms with E-state index in [1.165, 1.54) is 0 Å². The molecule has 6 nitrogen and oxygen atoms in total. The fourth-order valence-corrected chi connectivity index (χ4v) is 7.08. The Morgan fingerprint density at radius 1 is 0.659 bits per heavy atom. The van der Waals surface area contributed by atoms with E-state index in [-0.39, 0.29) is 35.1 Å². The number of halogens is 2. The Hall–Kier alpha value is -3.48. The number of alkyl halides is 2. The molecular weight excluding hydrogens is 559 g/mol. The Labute approximate surface area is 249 Å². The Morgan fingerprint density at radius 2 is 1.05 bits per heavy atom. The Balaban J connectivity index is 1.08. The van der Waals surface area contributed by atoms with Crippen molar-refractivity contribution >= 4 is 67.9 Å². The molecule has 0 saturated heterocycles. The molecule has 212 valence electrons. The zero-order valence-corrected chi connectivity index (χ0v) is 24.2. The zero-order valence-electron chi connectivity index (χ0n) is 22.7. The van der Waals surface area contributed by atoms with Gasteiger partial charge in [0.05, 0.1) is 11.4 Å². The summed E-state index contributed by atoms with van der Waals surface area (Å²) in [6.45, 7) is 1.00. The number of fused-ring (bicyclic) bond motifs is 6. The number of carbonyl (C=O) groups is 2. The highest BCUT2D eigenvalue weighted by molar-refractivity contribution is 6.19. The molecule has 2 N–H and O–H groups in total. The van der Waals surface area contributed by atoms with E-state index in [0.29, 0.717) is 50.5 Å². The minimum atomic E-state index is 0.000604. The fourth-order valence-electron chi connectivity index (χ4n) is 6.58. The lowest BCUT2D eigenvalue weighted by Gasteiger charge is -2.19. The minimum Gasteiger partial charge on any atom is -0.507 e. The van der Waals surface area contributed by atoms with E-state index in [4.69, 9.17) is 23.2 Å². The molecule has 41 heavy (non-hydrogen) atoms. The Bertz CT molecular complexity index is 1530. The number of nitrogens with zero attached hydrogens (tertiary/aromatic N) is 2. The van der Waals surface area contributed by atoms with Crippen LogP contribution in [0.3, 0.4) is 0 Å². The van der Waals surface area contributed by atoms with Crippen LogP contribution >= 0.6 is 23.2 Å². The lowest BCUT2D eigenvalue weighted by atomic mass is 9.95. The average Bonchev–Trinajstić information content (AvgIpc) is 3.55. The molecule has 0 saturated carbocycles. The first-order valence-corrected chi connectivity index (χ1v) is 15.2. The lowest BCUT2D eigenvalue weighted by Crippen LogP contribution is -2.30. The van der Waals surface area contributed by atoms with Crippen molar-refractivity contribution in [2.24, 2.45) is 0 Å². The second-order valence-electron chi connectivity index (χ2n) is 11.0. The maximum atomic E-state index is 13.3. The topological polar surface area (TPSA) is 81.1 Å². The predicted octanol–water partition coefficient (Wildman–Crippen LogP) is 7.39. The van der Waals surface area contributed by atoms with Gasteiger partial charge in [0.15, 0.2) is 0 Å². The van der Waals surface area contributed by atoms with Crippen molar-refractivity contribution in [3.05, 3.63) is 71.8 Å². The second-order valence-corrected chi connectivity index (χ2v) is 11.6. The van der Waals surface area contributed by atoms with Gasteiger partial charge in [0.25, 0.3) is 0 Å². The molecule has 2 heterocycles. The Morgan fingerprint density at radius 3 is 1.44 bits per heavy atom. The summed E-state index contributed by atoms with van der Waals surface area (Å²) in [7, 11) is 0. The number of amides is 2. The highest BCUT2D eigenvalue weighted by Crippen LogP contribution is 2.46. The van der Waals surface area contributed by atoms with Crippen LogP contribution in [0.2, 0.25) is 0 Å². The molecule has 2 aliphatic rings. The van der Waals surface area contributed by atoms with E-state index < -0.39 is 0 Å². The molecule has 4 aromatic carbocycles. The molecule has 2 aliphatic heterocycles. The van der Waals surface area contributed by atoms with E-state index in [1.54, 1.807) is 21.9 Å². The van der Waals surface area contributed by atoms with Gasteiger partial charge in [-0.25, -0.2) is 0 Å². The van der Waals surface area contributed by atoms with Crippen LogP contribution < -0.4 is 9.80 Å². The summed E-state index contributed by atoms with van der Waals surface area (Å²) >= 11 is 12.6. The van der Waals surface area contributed by atoms with Gasteiger partial charge < -0.3 is 20.0 Å². The first kappa shape index (κ1) is 27.7. The molecule has 2 unspecified atom stereocenters. The molecule has 8 heteroatoms. The number of hydrogen-bond acceptors (Lipinski definition) is 4. The van der Waals surface area contributed by atoms with Crippen molar-refractivity contribution in [2.75, 3.05) is 34.6 Å². The van der Waals surface area contributed by atoms with Crippen LogP contribution in [0.5, 0.6) is 11.5 Å². The van der Waals surface area contributed by atoms with E-state index in [9.17, 15) is 19.8 Å². The van der Waals surface area contributed by atoms with Crippen LogP contribution in [0.4, 0.5) is 11.4 Å². The lowest BCUT2D eigenvalue weighted by molar-refractivity contribution is -0.119. The number of hydrogen-bond donors (Lipinski definition) is 2. The quantitative estimate of drug-likeness (QED) is 0.165. The molecule has 2 amide bonds. The third-order valence-electron chi connectivity index (χ3n) is 8.55. The summed E-state index contributed by atoms with van der Waals surface area (Å²) in [5.41, 5.74) is 3.52. The summed E-state index contributed by atoms with van der Waals surface area (Å²) in [5.74, 6) is 1.13. The van der Waals surface area contributed by atoms with Crippen LogP contribution in [0.1, 0.15) is 55.1 Å². The van der Waals surface area contributed by atoms with Gasteiger partial charge in [-0.2, -0.15) is 0 Å². The fraction of sp³-hybridized carbons (Fsp3) is 0.333. The van der Waals surface area contributed by atoms with Crippen LogP contribution in [0.15, 0.2) is 60.7 Å². The molecule has 4 aromatic rings. The van der Waals surface area contributed by atoms with Crippen molar-refractivity contribution in [1.82, 2.24) is 0 Å². The van der Waals surface area contributed by atoms with Crippen LogP contribution in [0.25, 0.3) is 21.5 Å². The first-order valence-electron chi connectivity index (χ1n) is 14.1. The smallest absolute Gasteiger partial charge is 0.227 e. The highest BCUT2D eigenvalue weighted by atomic mass is 35.5. The number of carbonyl (C=O) groups excluding carboxylic acids is 2. The highest BCUT2D eigenvalue weighted by Gasteiger charge is 2.35. The molecule has 2 atom stereocenters. The predicted molar refractivity (Wildman–Crippen MR) is 166 cm³/mol. The molecule has 0 bridgehead atoms. The van der Waals surface area contributed by atoms with Crippen LogP contribution in [0, 0.1) is 0 Å². The number of rotatable bonds is 8. The van der Waals surface area contributed by atoms with Crippen molar-refractivity contribution in [2.45, 2.75) is 43.9 Å². The molecule has 0 aromatic heterocycles. The van der Waals surface area contributed by atoms with E-state index >= 15 is 0 Å². The van der Waals surface area contributed by atoms with Crippen molar-refractivity contribution in [1.29, 1.82) is 0 Å². The third kappa shape index (κ3) is 4.87. The van der Waals surface area contributed by atoms with Gasteiger partial charge in [-0.1, -0.05) is 55.0 Å².